The maximum atomic E-state index is 10.8. The van der Waals surface area contributed by atoms with Gasteiger partial charge in [0.25, 0.3) is 0 Å². The van der Waals surface area contributed by atoms with Crippen LogP contribution in [0.3, 0.4) is 0 Å². The van der Waals surface area contributed by atoms with Gasteiger partial charge in [-0.1, -0.05) is 13.0 Å². The van der Waals surface area contributed by atoms with Gasteiger partial charge in [0, 0.05) is 12.7 Å². The average Bonchev–Trinajstić information content (AvgIpc) is 2.34. The minimum Gasteiger partial charge on any atom is -0.466 e. The quantitative estimate of drug-likeness (QED) is 0.532. The van der Waals surface area contributed by atoms with E-state index in [1.807, 2.05) is 6.92 Å². The van der Waals surface area contributed by atoms with E-state index < -0.39 is 0 Å². The molecule has 4 heteroatoms. The molecule has 0 bridgehead atoms. The first-order valence-electron chi connectivity index (χ1n) is 5.71. The Kier molecular flexibility index (Phi) is 6.11. The molecule has 1 aliphatic rings. The highest BCUT2D eigenvalue weighted by Gasteiger charge is 2.14. The van der Waals surface area contributed by atoms with Crippen LogP contribution in [-0.2, 0) is 19.0 Å². The summed E-state index contributed by atoms with van der Waals surface area (Å²) in [6, 6.07) is 0. The standard InChI is InChI=1S/C12H20O4/c1-10(6-7-11(13)14-2)9-16-12-5-3-4-8-15-12/h6-7,10,12H,3-5,8-9H2,1-2H3/b7-6+/t10-,12?/m0/s1. The molecule has 4 nitrogen and oxygen atoms in total. The molecular formula is C12H20O4. The molecule has 1 unspecified atom stereocenters. The van der Waals surface area contributed by atoms with Gasteiger partial charge in [-0.25, -0.2) is 4.79 Å². The second-order valence-electron chi connectivity index (χ2n) is 3.99. The van der Waals surface area contributed by atoms with E-state index in [1.54, 1.807) is 6.08 Å². The number of esters is 1. The Labute approximate surface area is 96.6 Å². The summed E-state index contributed by atoms with van der Waals surface area (Å²) in [4.78, 5) is 10.8. The maximum Gasteiger partial charge on any atom is 0.330 e. The van der Waals surface area contributed by atoms with Crippen molar-refractivity contribution in [3.05, 3.63) is 12.2 Å². The molecule has 0 saturated carbocycles. The van der Waals surface area contributed by atoms with Gasteiger partial charge in [-0.05, 0) is 25.2 Å². The zero-order valence-electron chi connectivity index (χ0n) is 9.98. The maximum absolute atomic E-state index is 10.8. The van der Waals surface area contributed by atoms with Gasteiger partial charge in [-0.2, -0.15) is 0 Å². The van der Waals surface area contributed by atoms with E-state index in [-0.39, 0.29) is 18.2 Å². The number of hydrogen-bond acceptors (Lipinski definition) is 4. The summed E-state index contributed by atoms with van der Waals surface area (Å²) in [6.07, 6.45) is 6.40. The number of ether oxygens (including phenoxy) is 3. The molecule has 0 N–H and O–H groups in total. The first-order chi connectivity index (χ1) is 7.72. The molecule has 1 saturated heterocycles. The number of rotatable bonds is 5. The van der Waals surface area contributed by atoms with Gasteiger partial charge in [-0.3, -0.25) is 0 Å². The van der Waals surface area contributed by atoms with Crippen molar-refractivity contribution in [1.29, 1.82) is 0 Å². The molecule has 1 aliphatic heterocycles. The van der Waals surface area contributed by atoms with Crippen LogP contribution >= 0.6 is 0 Å². The third-order valence-corrected chi connectivity index (χ3v) is 2.44. The summed E-state index contributed by atoms with van der Waals surface area (Å²) >= 11 is 0. The van der Waals surface area contributed by atoms with E-state index in [1.165, 1.54) is 13.2 Å². The molecule has 0 radical (unpaired) electrons. The summed E-state index contributed by atoms with van der Waals surface area (Å²) < 4.78 is 15.5. The van der Waals surface area contributed by atoms with Gasteiger partial charge >= 0.3 is 5.97 Å². The molecule has 0 spiro atoms. The molecule has 0 aliphatic carbocycles. The van der Waals surface area contributed by atoms with Gasteiger partial charge in [-0.15, -0.1) is 0 Å². The van der Waals surface area contributed by atoms with Crippen LogP contribution in [0.2, 0.25) is 0 Å². The Morgan fingerprint density at radius 1 is 1.56 bits per heavy atom. The first-order valence-corrected chi connectivity index (χ1v) is 5.71. The largest absolute Gasteiger partial charge is 0.466 e. The highest BCUT2D eigenvalue weighted by atomic mass is 16.7. The molecule has 92 valence electrons. The normalized spacial score (nSPS) is 23.2. The van der Waals surface area contributed by atoms with Gasteiger partial charge in [0.2, 0.25) is 0 Å². The molecule has 1 heterocycles. The fourth-order valence-corrected chi connectivity index (χ4v) is 1.47. The number of hydrogen-bond donors (Lipinski definition) is 0. The van der Waals surface area contributed by atoms with Crippen molar-refractivity contribution in [2.24, 2.45) is 5.92 Å². The van der Waals surface area contributed by atoms with E-state index in [0.717, 1.165) is 25.9 Å². The molecule has 16 heavy (non-hydrogen) atoms. The lowest BCUT2D eigenvalue weighted by Crippen LogP contribution is -2.24. The number of methoxy groups -OCH3 is 1. The summed E-state index contributed by atoms with van der Waals surface area (Å²) in [7, 11) is 1.36. The third kappa shape index (κ3) is 5.28. The highest BCUT2D eigenvalue weighted by Crippen LogP contribution is 2.14. The third-order valence-electron chi connectivity index (χ3n) is 2.44. The van der Waals surface area contributed by atoms with Crippen LogP contribution in [0.1, 0.15) is 26.2 Å². The second-order valence-corrected chi connectivity index (χ2v) is 3.99. The zero-order valence-corrected chi connectivity index (χ0v) is 9.98. The molecule has 0 amide bonds. The predicted octanol–water partition coefficient (Wildman–Crippen LogP) is 1.89. The Balaban J connectivity index is 2.16. The minimum atomic E-state index is -0.333. The summed E-state index contributed by atoms with van der Waals surface area (Å²) in [5.74, 6) is -0.148. The summed E-state index contributed by atoms with van der Waals surface area (Å²) in [5, 5.41) is 0. The predicted molar refractivity (Wildman–Crippen MR) is 59.9 cm³/mol. The van der Waals surface area contributed by atoms with E-state index in [4.69, 9.17) is 9.47 Å². The molecule has 0 aromatic heterocycles. The van der Waals surface area contributed by atoms with Crippen molar-refractivity contribution in [3.63, 3.8) is 0 Å². The Morgan fingerprint density at radius 2 is 2.38 bits per heavy atom. The highest BCUT2D eigenvalue weighted by molar-refractivity contribution is 5.81. The van der Waals surface area contributed by atoms with Crippen LogP contribution in [-0.4, -0.2) is 32.6 Å². The molecule has 1 fully saturated rings. The van der Waals surface area contributed by atoms with Crippen molar-refractivity contribution >= 4 is 5.97 Å². The van der Waals surface area contributed by atoms with Crippen LogP contribution in [0.15, 0.2) is 12.2 Å². The Hall–Kier alpha value is -0.870. The van der Waals surface area contributed by atoms with Crippen molar-refractivity contribution in [2.75, 3.05) is 20.3 Å². The zero-order chi connectivity index (χ0) is 11.8. The van der Waals surface area contributed by atoms with Crippen molar-refractivity contribution < 1.29 is 19.0 Å². The lowest BCUT2D eigenvalue weighted by Gasteiger charge is -2.23. The monoisotopic (exact) mass is 228 g/mol. The smallest absolute Gasteiger partial charge is 0.330 e. The average molecular weight is 228 g/mol. The van der Waals surface area contributed by atoms with Crippen molar-refractivity contribution in [1.82, 2.24) is 0 Å². The van der Waals surface area contributed by atoms with Crippen LogP contribution in [0, 0.1) is 5.92 Å². The molecule has 0 aromatic carbocycles. The molecular weight excluding hydrogens is 208 g/mol. The number of carbonyl (C=O) groups excluding carboxylic acids is 1. The molecule has 0 aromatic rings. The van der Waals surface area contributed by atoms with E-state index in [9.17, 15) is 4.79 Å². The number of carbonyl (C=O) groups is 1. The molecule has 1 rings (SSSR count). The summed E-state index contributed by atoms with van der Waals surface area (Å²) in [5.41, 5.74) is 0. The van der Waals surface area contributed by atoms with Gasteiger partial charge in [0.15, 0.2) is 6.29 Å². The lowest BCUT2D eigenvalue weighted by atomic mass is 10.2. The van der Waals surface area contributed by atoms with Crippen LogP contribution in [0.4, 0.5) is 0 Å². The van der Waals surface area contributed by atoms with Gasteiger partial charge < -0.3 is 14.2 Å². The minimum absolute atomic E-state index is 0.0669. The van der Waals surface area contributed by atoms with Crippen LogP contribution < -0.4 is 0 Å². The fourth-order valence-electron chi connectivity index (χ4n) is 1.47. The SMILES string of the molecule is COC(=O)/C=C/[C@H](C)COC1CCCCO1. The van der Waals surface area contributed by atoms with Crippen LogP contribution in [0.25, 0.3) is 0 Å². The van der Waals surface area contributed by atoms with Crippen molar-refractivity contribution in [3.8, 4) is 0 Å². The van der Waals surface area contributed by atoms with E-state index in [2.05, 4.69) is 4.74 Å². The van der Waals surface area contributed by atoms with E-state index in [0.29, 0.717) is 6.61 Å². The topological polar surface area (TPSA) is 44.8 Å². The van der Waals surface area contributed by atoms with Gasteiger partial charge in [0.1, 0.15) is 0 Å². The Morgan fingerprint density at radius 3 is 3.00 bits per heavy atom. The first kappa shape index (κ1) is 13.2. The Bertz CT molecular complexity index is 231. The lowest BCUT2D eigenvalue weighted by molar-refractivity contribution is -0.166. The van der Waals surface area contributed by atoms with E-state index >= 15 is 0 Å². The fraction of sp³-hybridized carbons (Fsp3) is 0.750. The van der Waals surface area contributed by atoms with Crippen molar-refractivity contribution in [2.45, 2.75) is 32.5 Å². The summed E-state index contributed by atoms with van der Waals surface area (Å²) in [6.45, 7) is 3.34. The second kappa shape index (κ2) is 7.41. The van der Waals surface area contributed by atoms with Gasteiger partial charge in [0.05, 0.1) is 13.7 Å². The molecule has 2 atom stereocenters. The van der Waals surface area contributed by atoms with Crippen LogP contribution in [0.5, 0.6) is 0 Å².